The number of aryl methyl sites for hydroxylation is 2. The standard InChI is InChI=1S/C44H54N12O6/c1-50-19-24-55(44(50)62)32-3-2-16-54(27-32)43-46-35(38(39(45)58)48-49-43)11-6-28-4-7-30(8-5-28)52-17-14-29(15-18-52)26-51-20-22-53(23-21-51)31-9-10-33-34(25-31)42(61)56(41(33)60)36-12-13-37(57)47-40(36)59/h4-5,7-10,25,29,32,36H,2-3,6,11-24,26-27H2,1H3,(H2,45,58)(H,47,57,59)/t32-,36?/m1/s1. The van der Waals surface area contributed by atoms with Crippen molar-refractivity contribution in [2.24, 2.45) is 11.7 Å². The molecule has 0 radical (unpaired) electrons. The molecule has 2 atom stereocenters. The Hall–Kier alpha value is -6.17. The maximum absolute atomic E-state index is 13.4. The number of amides is 7. The minimum Gasteiger partial charge on any atom is -0.372 e. The second-order valence-corrected chi connectivity index (χ2v) is 17.5. The number of rotatable bonds is 11. The largest absolute Gasteiger partial charge is 0.372 e. The second-order valence-electron chi connectivity index (χ2n) is 17.5. The number of piperazine rings is 1. The van der Waals surface area contributed by atoms with E-state index in [0.717, 1.165) is 101 Å². The van der Waals surface area contributed by atoms with Gasteiger partial charge in [-0.05, 0) is 86.8 Å². The van der Waals surface area contributed by atoms with Crippen LogP contribution in [0.3, 0.4) is 0 Å². The lowest BCUT2D eigenvalue weighted by atomic mass is 9.95. The van der Waals surface area contributed by atoms with Crippen LogP contribution in [0.2, 0.25) is 0 Å². The van der Waals surface area contributed by atoms with Crippen LogP contribution in [-0.4, -0.2) is 161 Å². The maximum Gasteiger partial charge on any atom is 0.320 e. The molecule has 3 aromatic rings. The molecule has 62 heavy (non-hydrogen) atoms. The van der Waals surface area contributed by atoms with E-state index >= 15 is 0 Å². The Morgan fingerprint density at radius 1 is 0.758 bits per heavy atom. The van der Waals surface area contributed by atoms with Crippen LogP contribution in [0.4, 0.5) is 22.1 Å². The molecule has 5 fully saturated rings. The zero-order chi connectivity index (χ0) is 43.1. The first kappa shape index (κ1) is 41.2. The van der Waals surface area contributed by atoms with Gasteiger partial charge in [-0.15, -0.1) is 10.2 Å². The number of aromatic nitrogens is 3. The smallest absolute Gasteiger partial charge is 0.320 e. The molecular weight excluding hydrogens is 793 g/mol. The molecule has 6 aliphatic heterocycles. The highest BCUT2D eigenvalue weighted by atomic mass is 16.2. The fraction of sp³-hybridized carbons (Fsp3) is 0.523. The third-order valence-corrected chi connectivity index (χ3v) is 13.6. The number of primary amides is 1. The van der Waals surface area contributed by atoms with E-state index in [-0.39, 0.29) is 30.6 Å². The third kappa shape index (κ3) is 8.26. The second kappa shape index (κ2) is 17.3. The molecule has 7 heterocycles. The van der Waals surface area contributed by atoms with Crippen LogP contribution < -0.4 is 25.8 Å². The summed E-state index contributed by atoms with van der Waals surface area (Å²) in [4.78, 5) is 94.4. The summed E-state index contributed by atoms with van der Waals surface area (Å²) < 4.78 is 0. The Bertz CT molecular complexity index is 2260. The molecule has 9 rings (SSSR count). The molecule has 1 unspecified atom stereocenters. The van der Waals surface area contributed by atoms with Gasteiger partial charge in [0.15, 0.2) is 5.69 Å². The molecule has 0 bridgehead atoms. The van der Waals surface area contributed by atoms with Gasteiger partial charge in [0, 0.05) is 96.8 Å². The Morgan fingerprint density at radius 3 is 2.19 bits per heavy atom. The van der Waals surface area contributed by atoms with E-state index in [1.54, 1.807) is 17.0 Å². The number of urea groups is 1. The summed E-state index contributed by atoms with van der Waals surface area (Å²) >= 11 is 0. The first-order chi connectivity index (χ1) is 30.0. The minimum absolute atomic E-state index is 0.0558. The van der Waals surface area contributed by atoms with Crippen molar-refractivity contribution < 1.29 is 28.8 Å². The maximum atomic E-state index is 13.4. The van der Waals surface area contributed by atoms with Gasteiger partial charge in [0.25, 0.3) is 17.7 Å². The molecule has 6 aliphatic rings. The number of piperidine rings is 3. The molecule has 18 heteroatoms. The van der Waals surface area contributed by atoms with Crippen molar-refractivity contribution in [3.8, 4) is 0 Å². The molecule has 18 nitrogen and oxygen atoms in total. The fourth-order valence-electron chi connectivity index (χ4n) is 9.97. The number of carbonyl (C=O) groups excluding carboxylic acids is 6. The lowest BCUT2D eigenvalue weighted by molar-refractivity contribution is -0.136. The number of carbonyl (C=O) groups is 6. The van der Waals surface area contributed by atoms with Crippen molar-refractivity contribution in [1.29, 1.82) is 0 Å². The average molecular weight is 847 g/mol. The number of nitrogens with two attached hydrogens (primary N) is 1. The summed E-state index contributed by atoms with van der Waals surface area (Å²) in [6.07, 6.45) is 5.43. The Labute approximate surface area is 360 Å². The number of fused-ring (bicyclic) bond motifs is 1. The van der Waals surface area contributed by atoms with Gasteiger partial charge in [-0.1, -0.05) is 12.1 Å². The summed E-state index contributed by atoms with van der Waals surface area (Å²) in [5.41, 5.74) is 10.1. The van der Waals surface area contributed by atoms with Crippen molar-refractivity contribution in [3.05, 3.63) is 70.5 Å². The number of hydrogen-bond donors (Lipinski definition) is 2. The molecule has 0 saturated carbocycles. The van der Waals surface area contributed by atoms with Gasteiger partial charge < -0.3 is 30.2 Å². The van der Waals surface area contributed by atoms with E-state index in [9.17, 15) is 28.8 Å². The molecular formula is C44H54N12O6. The van der Waals surface area contributed by atoms with E-state index < -0.39 is 35.6 Å². The van der Waals surface area contributed by atoms with Crippen LogP contribution in [0.5, 0.6) is 0 Å². The van der Waals surface area contributed by atoms with Gasteiger partial charge in [-0.2, -0.15) is 0 Å². The van der Waals surface area contributed by atoms with Gasteiger partial charge in [0.1, 0.15) is 6.04 Å². The first-order valence-electron chi connectivity index (χ1n) is 22.0. The molecule has 0 aliphatic carbocycles. The van der Waals surface area contributed by atoms with Gasteiger partial charge in [0.05, 0.1) is 22.9 Å². The van der Waals surface area contributed by atoms with Crippen molar-refractivity contribution in [1.82, 2.24) is 40.1 Å². The number of hydrogen-bond acceptors (Lipinski definition) is 13. The molecule has 0 spiro atoms. The number of likely N-dealkylation sites (N-methyl/N-ethyl adjacent to an activating group) is 1. The van der Waals surface area contributed by atoms with Crippen molar-refractivity contribution in [2.45, 2.75) is 63.5 Å². The topological polar surface area (TPSA) is 202 Å². The predicted molar refractivity (Wildman–Crippen MR) is 229 cm³/mol. The van der Waals surface area contributed by atoms with Gasteiger partial charge in [0.2, 0.25) is 17.8 Å². The molecule has 3 N–H and O–H groups in total. The van der Waals surface area contributed by atoms with Crippen LogP contribution in [0.15, 0.2) is 42.5 Å². The molecule has 326 valence electrons. The predicted octanol–water partition coefficient (Wildman–Crippen LogP) is 1.53. The van der Waals surface area contributed by atoms with E-state index in [0.29, 0.717) is 54.6 Å². The summed E-state index contributed by atoms with van der Waals surface area (Å²) in [6, 6.07) is 13.1. The quantitative estimate of drug-likeness (QED) is 0.264. The van der Waals surface area contributed by atoms with Gasteiger partial charge >= 0.3 is 6.03 Å². The minimum atomic E-state index is -0.974. The zero-order valence-electron chi connectivity index (χ0n) is 35.2. The number of benzene rings is 2. The summed E-state index contributed by atoms with van der Waals surface area (Å²) in [7, 11) is 1.83. The molecule has 7 amide bonds. The van der Waals surface area contributed by atoms with E-state index in [2.05, 4.69) is 59.4 Å². The number of nitrogens with one attached hydrogen (secondary N) is 1. The number of nitrogens with zero attached hydrogens (tertiary/aromatic N) is 10. The van der Waals surface area contributed by atoms with E-state index in [4.69, 9.17) is 10.7 Å². The zero-order valence-corrected chi connectivity index (χ0v) is 35.2. The highest BCUT2D eigenvalue weighted by Gasteiger charge is 2.45. The van der Waals surface area contributed by atoms with Gasteiger partial charge in [-0.25, -0.2) is 9.78 Å². The number of imide groups is 2. The molecule has 1 aromatic heterocycles. The van der Waals surface area contributed by atoms with Crippen molar-refractivity contribution >= 4 is 52.9 Å². The summed E-state index contributed by atoms with van der Waals surface area (Å²) in [6.45, 7) is 9.24. The molecule has 2 aromatic carbocycles. The lowest BCUT2D eigenvalue weighted by Crippen LogP contribution is -2.54. The van der Waals surface area contributed by atoms with Crippen LogP contribution in [0, 0.1) is 5.92 Å². The van der Waals surface area contributed by atoms with Crippen molar-refractivity contribution in [2.75, 3.05) is 93.7 Å². The summed E-state index contributed by atoms with van der Waals surface area (Å²) in [5, 5.41) is 10.7. The average Bonchev–Trinajstić information content (AvgIpc) is 3.75. The SMILES string of the molecule is CN1CCN([C@@H]2CCCN(c3nnc(C(N)=O)c(CCc4ccc(N5CCC(CN6CCN(c7ccc8c(c7)C(=O)N(C7CCC(=O)NC7=O)C8=O)CC6)CC5)cc4)n3)C2)C1=O. The van der Waals surface area contributed by atoms with Crippen LogP contribution >= 0.6 is 0 Å². The van der Waals surface area contributed by atoms with Crippen LogP contribution in [0.1, 0.15) is 81.0 Å². The highest BCUT2D eigenvalue weighted by molar-refractivity contribution is 6.23. The van der Waals surface area contributed by atoms with Crippen molar-refractivity contribution in [3.63, 3.8) is 0 Å². The monoisotopic (exact) mass is 846 g/mol. The first-order valence-corrected chi connectivity index (χ1v) is 22.0. The summed E-state index contributed by atoms with van der Waals surface area (Å²) in [5.74, 6) is -1.55. The number of anilines is 3. The lowest BCUT2D eigenvalue weighted by Gasteiger charge is -2.40. The van der Waals surface area contributed by atoms with E-state index in [1.165, 1.54) is 5.69 Å². The normalized spacial score (nSPS) is 22.8. The Morgan fingerprint density at radius 2 is 1.48 bits per heavy atom. The molecule has 5 saturated heterocycles. The van der Waals surface area contributed by atoms with Gasteiger partial charge in [-0.3, -0.25) is 39.1 Å². The van der Waals surface area contributed by atoms with Crippen LogP contribution in [-0.2, 0) is 22.4 Å². The highest BCUT2D eigenvalue weighted by Crippen LogP contribution is 2.32. The Kier molecular flexibility index (Phi) is 11.5. The van der Waals surface area contributed by atoms with E-state index in [1.807, 2.05) is 18.0 Å². The fourth-order valence-corrected chi connectivity index (χ4v) is 9.97. The third-order valence-electron chi connectivity index (χ3n) is 13.6. The van der Waals surface area contributed by atoms with Crippen LogP contribution in [0.25, 0.3) is 0 Å². The Balaban J connectivity index is 0.735.